The number of halogens is 1. The molecule has 0 unspecified atom stereocenters. The van der Waals surface area contributed by atoms with Gasteiger partial charge in [0.2, 0.25) is 0 Å². The Balaban J connectivity index is 1.97. The van der Waals surface area contributed by atoms with Gasteiger partial charge in [-0.25, -0.2) is 9.82 Å². The van der Waals surface area contributed by atoms with Crippen molar-refractivity contribution in [3.8, 4) is 11.5 Å². The fraction of sp³-hybridized carbons (Fsp3) is 0.222. The molecule has 0 bridgehead atoms. The van der Waals surface area contributed by atoms with Crippen LogP contribution in [0.3, 0.4) is 0 Å². The SMILES string of the molecule is COc1ccc(C)cc1/C(C)=N\NC(=O)COc1cccc(F)c1. The number of hydrazone groups is 1. The van der Waals surface area contributed by atoms with Crippen molar-refractivity contribution in [3.05, 3.63) is 59.4 Å². The second-order valence-corrected chi connectivity index (χ2v) is 5.18. The van der Waals surface area contributed by atoms with Gasteiger partial charge in [0.05, 0.1) is 12.8 Å². The van der Waals surface area contributed by atoms with E-state index < -0.39 is 11.7 Å². The summed E-state index contributed by atoms with van der Waals surface area (Å²) >= 11 is 0. The van der Waals surface area contributed by atoms with Crippen molar-refractivity contribution in [2.24, 2.45) is 5.10 Å². The van der Waals surface area contributed by atoms with Crippen LogP contribution in [-0.2, 0) is 4.79 Å². The molecule has 2 aromatic carbocycles. The standard InChI is InChI=1S/C18H19FN2O3/c1-12-7-8-17(23-3)16(9-12)13(2)20-21-18(22)11-24-15-6-4-5-14(19)10-15/h4-10H,11H2,1-3H3,(H,21,22)/b20-13-. The maximum atomic E-state index is 13.0. The van der Waals surface area contributed by atoms with Gasteiger partial charge in [0, 0.05) is 11.6 Å². The number of amides is 1. The van der Waals surface area contributed by atoms with Crippen LogP contribution in [0.15, 0.2) is 47.6 Å². The Kier molecular flexibility index (Phi) is 5.89. The average Bonchev–Trinajstić information content (AvgIpc) is 2.58. The van der Waals surface area contributed by atoms with Crippen molar-refractivity contribution in [1.82, 2.24) is 5.43 Å². The molecule has 0 aliphatic carbocycles. The van der Waals surface area contributed by atoms with Gasteiger partial charge in [-0.2, -0.15) is 5.10 Å². The zero-order valence-corrected chi connectivity index (χ0v) is 13.8. The predicted octanol–water partition coefficient (Wildman–Crippen LogP) is 3.06. The Morgan fingerprint density at radius 1 is 1.25 bits per heavy atom. The zero-order chi connectivity index (χ0) is 17.5. The minimum atomic E-state index is -0.440. The molecule has 0 aliphatic heterocycles. The molecule has 1 amide bonds. The fourth-order valence-electron chi connectivity index (χ4n) is 2.05. The van der Waals surface area contributed by atoms with E-state index in [4.69, 9.17) is 9.47 Å². The second-order valence-electron chi connectivity index (χ2n) is 5.18. The maximum Gasteiger partial charge on any atom is 0.277 e. The highest BCUT2D eigenvalue weighted by Crippen LogP contribution is 2.20. The third-order valence-electron chi connectivity index (χ3n) is 3.26. The summed E-state index contributed by atoms with van der Waals surface area (Å²) in [7, 11) is 1.58. The van der Waals surface area contributed by atoms with E-state index in [9.17, 15) is 9.18 Å². The molecule has 0 aromatic heterocycles. The van der Waals surface area contributed by atoms with Crippen LogP contribution in [0.1, 0.15) is 18.1 Å². The Hall–Kier alpha value is -2.89. The number of benzene rings is 2. The summed E-state index contributed by atoms with van der Waals surface area (Å²) in [4.78, 5) is 11.8. The number of aryl methyl sites for hydroxylation is 1. The lowest BCUT2D eigenvalue weighted by Gasteiger charge is -2.09. The second kappa shape index (κ2) is 8.10. The lowest BCUT2D eigenvalue weighted by molar-refractivity contribution is -0.123. The molecule has 126 valence electrons. The van der Waals surface area contributed by atoms with Crippen LogP contribution in [-0.4, -0.2) is 25.3 Å². The molecule has 0 saturated carbocycles. The van der Waals surface area contributed by atoms with Crippen molar-refractivity contribution in [1.29, 1.82) is 0 Å². The highest BCUT2D eigenvalue weighted by atomic mass is 19.1. The predicted molar refractivity (Wildman–Crippen MR) is 90.0 cm³/mol. The summed E-state index contributed by atoms with van der Waals surface area (Å²) < 4.78 is 23.5. The largest absolute Gasteiger partial charge is 0.496 e. The third-order valence-corrected chi connectivity index (χ3v) is 3.26. The Morgan fingerprint density at radius 3 is 2.75 bits per heavy atom. The highest BCUT2D eigenvalue weighted by Gasteiger charge is 2.08. The molecule has 2 aromatic rings. The zero-order valence-electron chi connectivity index (χ0n) is 13.8. The van der Waals surface area contributed by atoms with Crippen LogP contribution >= 0.6 is 0 Å². The molecule has 0 heterocycles. The van der Waals surface area contributed by atoms with Crippen molar-refractivity contribution >= 4 is 11.6 Å². The van der Waals surface area contributed by atoms with E-state index in [-0.39, 0.29) is 12.4 Å². The molecule has 0 saturated heterocycles. The van der Waals surface area contributed by atoms with Crippen LogP contribution < -0.4 is 14.9 Å². The third kappa shape index (κ3) is 4.81. The van der Waals surface area contributed by atoms with E-state index in [2.05, 4.69) is 10.5 Å². The summed E-state index contributed by atoms with van der Waals surface area (Å²) in [6, 6.07) is 11.3. The first-order chi connectivity index (χ1) is 11.5. The van der Waals surface area contributed by atoms with E-state index in [1.807, 2.05) is 25.1 Å². The Morgan fingerprint density at radius 2 is 2.04 bits per heavy atom. The number of nitrogens with one attached hydrogen (secondary N) is 1. The van der Waals surface area contributed by atoms with Crippen LogP contribution in [0, 0.1) is 12.7 Å². The molecule has 0 atom stereocenters. The molecule has 0 spiro atoms. The molecule has 1 N–H and O–H groups in total. The van der Waals surface area contributed by atoms with Crippen LogP contribution in [0.25, 0.3) is 0 Å². The van der Waals surface area contributed by atoms with Gasteiger partial charge in [-0.05, 0) is 38.1 Å². The molecule has 0 fully saturated rings. The summed E-state index contributed by atoms with van der Waals surface area (Å²) in [6.45, 7) is 3.47. The van der Waals surface area contributed by atoms with Gasteiger partial charge < -0.3 is 9.47 Å². The number of hydrogen-bond acceptors (Lipinski definition) is 4. The van der Waals surface area contributed by atoms with Gasteiger partial charge in [0.15, 0.2) is 6.61 Å². The number of hydrogen-bond donors (Lipinski definition) is 1. The summed E-state index contributed by atoms with van der Waals surface area (Å²) in [5.41, 5.74) is 4.87. The van der Waals surface area contributed by atoms with E-state index in [0.29, 0.717) is 11.5 Å². The molecule has 6 heteroatoms. The molecule has 2 rings (SSSR count). The number of ether oxygens (including phenoxy) is 2. The van der Waals surface area contributed by atoms with Gasteiger partial charge in [0.1, 0.15) is 17.3 Å². The van der Waals surface area contributed by atoms with Gasteiger partial charge in [0.25, 0.3) is 5.91 Å². The lowest BCUT2D eigenvalue weighted by atomic mass is 10.1. The molecular weight excluding hydrogens is 311 g/mol. The first-order valence-electron chi connectivity index (χ1n) is 7.36. The number of carbonyl (C=O) groups is 1. The molecule has 5 nitrogen and oxygen atoms in total. The van der Waals surface area contributed by atoms with E-state index in [1.165, 1.54) is 18.2 Å². The lowest BCUT2D eigenvalue weighted by Crippen LogP contribution is -2.25. The number of nitrogens with zero attached hydrogens (tertiary/aromatic N) is 1. The highest BCUT2D eigenvalue weighted by molar-refractivity contribution is 6.01. The first kappa shape index (κ1) is 17.5. The molecule has 24 heavy (non-hydrogen) atoms. The van der Waals surface area contributed by atoms with Crippen molar-refractivity contribution in [2.75, 3.05) is 13.7 Å². The smallest absolute Gasteiger partial charge is 0.277 e. The van der Waals surface area contributed by atoms with E-state index in [0.717, 1.165) is 11.1 Å². The number of methoxy groups -OCH3 is 1. The minimum Gasteiger partial charge on any atom is -0.496 e. The number of carbonyl (C=O) groups excluding carboxylic acids is 1. The normalized spacial score (nSPS) is 11.1. The monoisotopic (exact) mass is 330 g/mol. The van der Waals surface area contributed by atoms with Gasteiger partial charge in [-0.15, -0.1) is 0 Å². The first-order valence-corrected chi connectivity index (χ1v) is 7.36. The van der Waals surface area contributed by atoms with Crippen LogP contribution in [0.5, 0.6) is 11.5 Å². The van der Waals surface area contributed by atoms with E-state index in [1.54, 1.807) is 20.1 Å². The van der Waals surface area contributed by atoms with Gasteiger partial charge in [-0.3, -0.25) is 4.79 Å². The molecule has 0 aliphatic rings. The number of rotatable bonds is 6. The Bertz CT molecular complexity index is 760. The fourth-order valence-corrected chi connectivity index (χ4v) is 2.05. The van der Waals surface area contributed by atoms with E-state index >= 15 is 0 Å². The van der Waals surface area contributed by atoms with Gasteiger partial charge in [-0.1, -0.05) is 17.7 Å². The molecule has 0 radical (unpaired) electrons. The van der Waals surface area contributed by atoms with Crippen molar-refractivity contribution < 1.29 is 18.7 Å². The topological polar surface area (TPSA) is 59.9 Å². The van der Waals surface area contributed by atoms with Crippen LogP contribution in [0.4, 0.5) is 4.39 Å². The minimum absolute atomic E-state index is 0.259. The maximum absolute atomic E-state index is 13.0. The summed E-state index contributed by atoms with van der Waals surface area (Å²) in [5.74, 6) is 0.0943. The van der Waals surface area contributed by atoms with Crippen molar-refractivity contribution in [3.63, 3.8) is 0 Å². The quantitative estimate of drug-likeness (QED) is 0.654. The Labute approximate surface area is 140 Å². The van der Waals surface area contributed by atoms with Gasteiger partial charge >= 0.3 is 0 Å². The average molecular weight is 330 g/mol. The van der Waals surface area contributed by atoms with Crippen LogP contribution in [0.2, 0.25) is 0 Å². The summed E-state index contributed by atoms with van der Waals surface area (Å²) in [5, 5.41) is 4.06. The van der Waals surface area contributed by atoms with Crippen molar-refractivity contribution in [2.45, 2.75) is 13.8 Å². The molecular formula is C18H19FN2O3. The summed E-state index contributed by atoms with van der Waals surface area (Å²) in [6.07, 6.45) is 0.